The second-order valence-corrected chi connectivity index (χ2v) is 5.40. The molecule has 0 heterocycles. The van der Waals surface area contributed by atoms with E-state index < -0.39 is 0 Å². The summed E-state index contributed by atoms with van der Waals surface area (Å²) in [6.07, 6.45) is 3.44. The molecule has 0 saturated carbocycles. The molecule has 0 saturated heterocycles. The van der Waals surface area contributed by atoms with Crippen LogP contribution in [0.3, 0.4) is 0 Å². The van der Waals surface area contributed by atoms with Gasteiger partial charge in [-0.2, -0.15) is 0 Å². The van der Waals surface area contributed by atoms with Gasteiger partial charge >= 0.3 is 0 Å². The topological polar surface area (TPSA) is 43.1 Å². The van der Waals surface area contributed by atoms with Gasteiger partial charge in [-0.3, -0.25) is 4.79 Å². The fraction of sp³-hybridized carbons (Fsp3) is 0.533. The van der Waals surface area contributed by atoms with Crippen LogP contribution in [0.4, 0.5) is 0 Å². The molecule has 1 atom stereocenters. The van der Waals surface area contributed by atoms with Gasteiger partial charge in [-0.1, -0.05) is 26.8 Å². The summed E-state index contributed by atoms with van der Waals surface area (Å²) < 4.78 is 0. The van der Waals surface area contributed by atoms with E-state index in [1.165, 1.54) is 17.5 Å². The second kappa shape index (κ2) is 4.17. The van der Waals surface area contributed by atoms with Crippen LogP contribution < -0.4 is 5.73 Å². The lowest BCUT2D eigenvalue weighted by atomic mass is 9.70. The first-order valence-electron chi connectivity index (χ1n) is 6.44. The minimum absolute atomic E-state index is 0.237. The molecule has 0 spiro atoms. The van der Waals surface area contributed by atoms with E-state index in [1.54, 1.807) is 0 Å². The maximum atomic E-state index is 11.3. The van der Waals surface area contributed by atoms with Gasteiger partial charge in [-0.05, 0) is 53.9 Å². The van der Waals surface area contributed by atoms with E-state index in [9.17, 15) is 4.79 Å². The van der Waals surface area contributed by atoms with E-state index in [2.05, 4.69) is 26.8 Å². The van der Waals surface area contributed by atoms with Gasteiger partial charge in [-0.15, -0.1) is 0 Å². The number of rotatable bonds is 3. The zero-order valence-electron chi connectivity index (χ0n) is 10.9. The smallest absolute Gasteiger partial charge is 0.248 e. The molecule has 0 radical (unpaired) electrons. The van der Waals surface area contributed by atoms with Crippen molar-refractivity contribution in [3.63, 3.8) is 0 Å². The molecule has 2 N–H and O–H groups in total. The van der Waals surface area contributed by atoms with E-state index in [-0.39, 0.29) is 11.3 Å². The van der Waals surface area contributed by atoms with Crippen LogP contribution in [-0.2, 0) is 11.8 Å². The number of primary amides is 1. The van der Waals surface area contributed by atoms with Crippen molar-refractivity contribution in [2.75, 3.05) is 0 Å². The van der Waals surface area contributed by atoms with Gasteiger partial charge in [0.05, 0.1) is 0 Å². The predicted octanol–water partition coefficient (Wildman–Crippen LogP) is 3.04. The van der Waals surface area contributed by atoms with E-state index in [0.717, 1.165) is 12.8 Å². The van der Waals surface area contributed by atoms with Crippen LogP contribution >= 0.6 is 0 Å². The molecule has 2 nitrogen and oxygen atoms in total. The van der Waals surface area contributed by atoms with Crippen LogP contribution in [0.2, 0.25) is 0 Å². The van der Waals surface area contributed by atoms with Crippen molar-refractivity contribution in [1.82, 2.24) is 0 Å². The first kappa shape index (κ1) is 12.2. The quantitative estimate of drug-likeness (QED) is 0.853. The highest BCUT2D eigenvalue weighted by atomic mass is 16.1. The third-order valence-corrected chi connectivity index (χ3v) is 4.51. The molecular formula is C15H21NO. The summed E-state index contributed by atoms with van der Waals surface area (Å²) in [4.78, 5) is 11.3. The first-order valence-corrected chi connectivity index (χ1v) is 6.44. The third-order valence-electron chi connectivity index (χ3n) is 4.51. The number of hydrogen-bond acceptors (Lipinski definition) is 1. The van der Waals surface area contributed by atoms with Gasteiger partial charge in [0.15, 0.2) is 0 Å². The van der Waals surface area contributed by atoms with Crippen LogP contribution in [0.25, 0.3) is 0 Å². The summed E-state index contributed by atoms with van der Waals surface area (Å²) in [5.74, 6) is 0.269. The Kier molecular flexibility index (Phi) is 2.98. The Morgan fingerprint density at radius 3 is 2.71 bits per heavy atom. The molecule has 1 aliphatic rings. The first-order chi connectivity index (χ1) is 8.01. The Morgan fingerprint density at radius 2 is 2.18 bits per heavy atom. The summed E-state index contributed by atoms with van der Waals surface area (Å²) in [5.41, 5.74) is 9.00. The largest absolute Gasteiger partial charge is 0.366 e. The summed E-state index contributed by atoms with van der Waals surface area (Å²) in [6.45, 7) is 6.79. The van der Waals surface area contributed by atoms with Crippen molar-refractivity contribution in [3.05, 3.63) is 34.9 Å². The van der Waals surface area contributed by atoms with Gasteiger partial charge in [0.2, 0.25) is 5.91 Å². The zero-order chi connectivity index (χ0) is 12.6. The maximum Gasteiger partial charge on any atom is 0.248 e. The van der Waals surface area contributed by atoms with Crippen molar-refractivity contribution >= 4 is 5.91 Å². The standard InChI is InChI=1S/C15H21NO/c1-4-15(10(2)3)8-7-11-5-6-12(14(16)17)9-13(11)15/h5-6,9-10H,4,7-8H2,1-3H3,(H2,16,17). The second-order valence-electron chi connectivity index (χ2n) is 5.40. The average molecular weight is 231 g/mol. The number of amides is 1. The van der Waals surface area contributed by atoms with Crippen LogP contribution in [0.15, 0.2) is 18.2 Å². The number of carbonyl (C=O) groups is 1. The molecule has 0 bridgehead atoms. The van der Waals surface area contributed by atoms with Gasteiger partial charge in [0, 0.05) is 5.56 Å². The van der Waals surface area contributed by atoms with E-state index in [4.69, 9.17) is 5.73 Å². The monoisotopic (exact) mass is 231 g/mol. The molecule has 2 rings (SSSR count). The molecule has 1 aromatic rings. The average Bonchev–Trinajstić information content (AvgIpc) is 2.67. The molecule has 0 aliphatic heterocycles. The normalized spacial score (nSPS) is 22.8. The van der Waals surface area contributed by atoms with Crippen molar-refractivity contribution in [3.8, 4) is 0 Å². The Bertz CT molecular complexity index is 450. The molecule has 1 aromatic carbocycles. The number of nitrogens with two attached hydrogens (primary N) is 1. The van der Waals surface area contributed by atoms with Gasteiger partial charge in [0.1, 0.15) is 0 Å². The highest BCUT2D eigenvalue weighted by molar-refractivity contribution is 5.93. The summed E-state index contributed by atoms with van der Waals surface area (Å²) in [6, 6.07) is 5.95. The number of fused-ring (bicyclic) bond motifs is 1. The molecule has 1 amide bonds. The molecule has 92 valence electrons. The van der Waals surface area contributed by atoms with Crippen molar-refractivity contribution < 1.29 is 4.79 Å². The van der Waals surface area contributed by atoms with Gasteiger partial charge in [-0.25, -0.2) is 0 Å². The highest BCUT2D eigenvalue weighted by Crippen LogP contribution is 2.46. The number of carbonyl (C=O) groups excluding carboxylic acids is 1. The molecular weight excluding hydrogens is 210 g/mol. The molecule has 2 heteroatoms. The highest BCUT2D eigenvalue weighted by Gasteiger charge is 2.39. The minimum atomic E-state index is -0.326. The molecule has 1 unspecified atom stereocenters. The van der Waals surface area contributed by atoms with Gasteiger partial charge < -0.3 is 5.73 Å². The fourth-order valence-electron chi connectivity index (χ4n) is 3.28. The molecule has 17 heavy (non-hydrogen) atoms. The lowest BCUT2D eigenvalue weighted by molar-refractivity contribution is 0.1000. The number of hydrogen-bond donors (Lipinski definition) is 1. The SMILES string of the molecule is CCC1(C(C)C)CCc2ccc(C(N)=O)cc21. The van der Waals surface area contributed by atoms with E-state index >= 15 is 0 Å². The third kappa shape index (κ3) is 1.76. The van der Waals surface area contributed by atoms with Crippen molar-refractivity contribution in [1.29, 1.82) is 0 Å². The predicted molar refractivity (Wildman–Crippen MR) is 70.1 cm³/mol. The van der Waals surface area contributed by atoms with Crippen LogP contribution in [0.1, 0.15) is 55.1 Å². The van der Waals surface area contributed by atoms with Gasteiger partial charge in [0.25, 0.3) is 0 Å². The Labute approximate surface area is 103 Å². The van der Waals surface area contributed by atoms with Crippen LogP contribution in [0, 0.1) is 5.92 Å². The Balaban J connectivity index is 2.55. The summed E-state index contributed by atoms with van der Waals surface area (Å²) in [7, 11) is 0. The Morgan fingerprint density at radius 1 is 1.47 bits per heavy atom. The van der Waals surface area contributed by atoms with E-state index in [0.29, 0.717) is 11.5 Å². The summed E-state index contributed by atoms with van der Waals surface area (Å²) in [5, 5.41) is 0. The lowest BCUT2D eigenvalue weighted by Gasteiger charge is -2.34. The van der Waals surface area contributed by atoms with Crippen LogP contribution in [-0.4, -0.2) is 5.91 Å². The zero-order valence-corrected chi connectivity index (χ0v) is 10.9. The molecule has 0 fully saturated rings. The molecule has 1 aliphatic carbocycles. The van der Waals surface area contributed by atoms with Crippen molar-refractivity contribution in [2.24, 2.45) is 11.7 Å². The van der Waals surface area contributed by atoms with E-state index in [1.807, 2.05) is 12.1 Å². The number of benzene rings is 1. The Hall–Kier alpha value is -1.31. The minimum Gasteiger partial charge on any atom is -0.366 e. The fourth-order valence-corrected chi connectivity index (χ4v) is 3.28. The molecule has 0 aromatic heterocycles. The van der Waals surface area contributed by atoms with Crippen molar-refractivity contribution in [2.45, 2.75) is 45.4 Å². The maximum absolute atomic E-state index is 11.3. The number of aryl methyl sites for hydroxylation is 1. The van der Waals surface area contributed by atoms with Crippen LogP contribution in [0.5, 0.6) is 0 Å². The lowest BCUT2D eigenvalue weighted by Crippen LogP contribution is -2.29. The summed E-state index contributed by atoms with van der Waals surface area (Å²) >= 11 is 0.